The first kappa shape index (κ1) is 12.2. The first-order valence-electron chi connectivity index (χ1n) is 4.64. The third-order valence-electron chi connectivity index (χ3n) is 1.68. The van der Waals surface area contributed by atoms with Gasteiger partial charge in [-0.05, 0) is 6.92 Å². The lowest BCUT2D eigenvalue weighted by atomic mass is 10.3. The first-order valence-corrected chi connectivity index (χ1v) is 4.64. The van der Waals surface area contributed by atoms with Crippen molar-refractivity contribution in [1.29, 1.82) is 0 Å². The number of nitrogens with one attached hydrogen (secondary N) is 2. The third-order valence-corrected chi connectivity index (χ3v) is 1.68. The minimum Gasteiger partial charge on any atom is -0.383 e. The Hall–Kier alpha value is -1.89. The van der Waals surface area contributed by atoms with Gasteiger partial charge in [0, 0.05) is 19.2 Å². The number of hydrogen-bond donors (Lipinski definition) is 2. The van der Waals surface area contributed by atoms with E-state index in [-0.39, 0.29) is 11.9 Å². The lowest BCUT2D eigenvalue weighted by molar-refractivity contribution is -0.136. The minimum atomic E-state index is -0.795. The van der Waals surface area contributed by atoms with Gasteiger partial charge in [0.1, 0.15) is 6.26 Å². The summed E-state index contributed by atoms with van der Waals surface area (Å²) in [5.41, 5.74) is 0. The van der Waals surface area contributed by atoms with Gasteiger partial charge in [-0.15, -0.1) is 0 Å². The van der Waals surface area contributed by atoms with Gasteiger partial charge in [-0.1, -0.05) is 5.16 Å². The van der Waals surface area contributed by atoms with E-state index in [1.165, 1.54) is 19.4 Å². The zero-order chi connectivity index (χ0) is 12.0. The van der Waals surface area contributed by atoms with Crippen molar-refractivity contribution >= 4 is 17.6 Å². The standard InChI is InChI=1S/C9H13N3O4/c1-6(5-15-2)10-8(13)9(14)11-7-3-4-16-12-7/h3-4,6H,5H2,1-2H3,(H,10,13)(H,11,12,14)/t6-/m1/s1. The van der Waals surface area contributed by atoms with Crippen LogP contribution in [0.3, 0.4) is 0 Å². The maximum Gasteiger partial charge on any atom is 0.314 e. The summed E-state index contributed by atoms with van der Waals surface area (Å²) in [4.78, 5) is 22.6. The highest BCUT2D eigenvalue weighted by Crippen LogP contribution is 2.00. The molecule has 16 heavy (non-hydrogen) atoms. The Morgan fingerprint density at radius 2 is 2.31 bits per heavy atom. The van der Waals surface area contributed by atoms with Crippen LogP contribution >= 0.6 is 0 Å². The fourth-order valence-electron chi connectivity index (χ4n) is 1.03. The van der Waals surface area contributed by atoms with Crippen LogP contribution < -0.4 is 10.6 Å². The molecule has 7 nitrogen and oxygen atoms in total. The Bertz CT molecular complexity index is 350. The zero-order valence-corrected chi connectivity index (χ0v) is 9.02. The van der Waals surface area contributed by atoms with Gasteiger partial charge in [-0.25, -0.2) is 0 Å². The largest absolute Gasteiger partial charge is 0.383 e. The highest BCUT2D eigenvalue weighted by atomic mass is 16.5. The van der Waals surface area contributed by atoms with Crippen LogP contribution in [0.2, 0.25) is 0 Å². The summed E-state index contributed by atoms with van der Waals surface area (Å²) in [5.74, 6) is -1.34. The van der Waals surface area contributed by atoms with Gasteiger partial charge in [0.15, 0.2) is 5.82 Å². The molecule has 0 saturated carbocycles. The van der Waals surface area contributed by atoms with Gasteiger partial charge in [-0.3, -0.25) is 14.9 Å². The molecular formula is C9H13N3O4. The van der Waals surface area contributed by atoms with Crippen molar-refractivity contribution in [2.24, 2.45) is 0 Å². The Kier molecular flexibility index (Phi) is 4.46. The summed E-state index contributed by atoms with van der Waals surface area (Å²) < 4.78 is 9.31. The smallest absolute Gasteiger partial charge is 0.314 e. The summed E-state index contributed by atoms with van der Waals surface area (Å²) >= 11 is 0. The number of carbonyl (C=O) groups is 2. The van der Waals surface area contributed by atoms with E-state index in [1.54, 1.807) is 6.92 Å². The van der Waals surface area contributed by atoms with E-state index in [1.807, 2.05) is 0 Å². The number of nitrogens with zero attached hydrogens (tertiary/aromatic N) is 1. The summed E-state index contributed by atoms with van der Waals surface area (Å²) in [6, 6.07) is 1.20. The Morgan fingerprint density at radius 1 is 1.56 bits per heavy atom. The van der Waals surface area contributed by atoms with Crippen LogP contribution in [-0.4, -0.2) is 36.7 Å². The minimum absolute atomic E-state index is 0.194. The molecule has 0 radical (unpaired) electrons. The van der Waals surface area contributed by atoms with Crippen molar-refractivity contribution in [1.82, 2.24) is 10.5 Å². The fraction of sp³-hybridized carbons (Fsp3) is 0.444. The van der Waals surface area contributed by atoms with Gasteiger partial charge in [0.2, 0.25) is 0 Å². The van der Waals surface area contributed by atoms with Gasteiger partial charge >= 0.3 is 11.8 Å². The van der Waals surface area contributed by atoms with Crippen molar-refractivity contribution in [2.75, 3.05) is 19.0 Å². The van der Waals surface area contributed by atoms with Crippen molar-refractivity contribution in [3.05, 3.63) is 12.3 Å². The van der Waals surface area contributed by atoms with Crippen LogP contribution in [0, 0.1) is 0 Å². The lowest BCUT2D eigenvalue weighted by Gasteiger charge is -2.11. The molecule has 1 aromatic heterocycles. The molecule has 0 unspecified atom stereocenters. The molecule has 0 aliphatic carbocycles. The number of aromatic nitrogens is 1. The van der Waals surface area contributed by atoms with Crippen LogP contribution in [0.1, 0.15) is 6.92 Å². The number of methoxy groups -OCH3 is 1. The molecule has 1 rings (SSSR count). The molecule has 1 aromatic rings. The normalized spacial score (nSPS) is 11.9. The molecule has 0 aliphatic rings. The summed E-state index contributed by atoms with van der Waals surface area (Å²) in [6.45, 7) is 2.06. The number of anilines is 1. The number of hydrogen-bond acceptors (Lipinski definition) is 5. The van der Waals surface area contributed by atoms with E-state index >= 15 is 0 Å². The van der Waals surface area contributed by atoms with E-state index < -0.39 is 11.8 Å². The van der Waals surface area contributed by atoms with Crippen LogP contribution in [-0.2, 0) is 14.3 Å². The second-order valence-electron chi connectivity index (χ2n) is 3.17. The predicted molar refractivity (Wildman–Crippen MR) is 54.6 cm³/mol. The number of rotatable bonds is 4. The topological polar surface area (TPSA) is 93.5 Å². The second kappa shape index (κ2) is 5.86. The maximum atomic E-state index is 11.3. The van der Waals surface area contributed by atoms with Crippen LogP contribution in [0.25, 0.3) is 0 Å². The molecule has 1 heterocycles. The molecule has 0 saturated heterocycles. The zero-order valence-electron chi connectivity index (χ0n) is 9.02. The molecule has 2 amide bonds. The van der Waals surface area contributed by atoms with Crippen molar-refractivity contribution in [3.8, 4) is 0 Å². The van der Waals surface area contributed by atoms with Gasteiger partial charge < -0.3 is 14.6 Å². The Morgan fingerprint density at radius 3 is 2.88 bits per heavy atom. The number of amides is 2. The van der Waals surface area contributed by atoms with E-state index in [0.717, 1.165) is 0 Å². The van der Waals surface area contributed by atoms with Crippen LogP contribution in [0.15, 0.2) is 16.9 Å². The molecule has 1 atom stereocenters. The molecular weight excluding hydrogens is 214 g/mol. The molecule has 0 aliphatic heterocycles. The van der Waals surface area contributed by atoms with Gasteiger partial charge in [0.05, 0.1) is 6.61 Å². The molecule has 2 N–H and O–H groups in total. The highest BCUT2D eigenvalue weighted by molar-refractivity contribution is 6.39. The molecule has 0 fully saturated rings. The summed E-state index contributed by atoms with van der Waals surface area (Å²) in [5, 5.41) is 8.17. The Labute approximate surface area is 92.1 Å². The average Bonchev–Trinajstić information content (AvgIpc) is 2.70. The Balaban J connectivity index is 2.39. The highest BCUT2D eigenvalue weighted by Gasteiger charge is 2.16. The average molecular weight is 227 g/mol. The third kappa shape index (κ3) is 3.70. The van der Waals surface area contributed by atoms with Crippen LogP contribution in [0.4, 0.5) is 5.82 Å². The van der Waals surface area contributed by atoms with E-state index in [2.05, 4.69) is 20.3 Å². The van der Waals surface area contributed by atoms with Crippen molar-refractivity contribution in [3.63, 3.8) is 0 Å². The van der Waals surface area contributed by atoms with Crippen molar-refractivity contribution < 1.29 is 18.8 Å². The SMILES string of the molecule is COC[C@@H](C)NC(=O)C(=O)Nc1ccon1. The predicted octanol–water partition coefficient (Wildman–Crippen LogP) is -0.236. The maximum absolute atomic E-state index is 11.3. The van der Waals surface area contributed by atoms with E-state index in [4.69, 9.17) is 4.74 Å². The molecule has 0 spiro atoms. The first-order chi connectivity index (χ1) is 7.63. The van der Waals surface area contributed by atoms with E-state index in [9.17, 15) is 9.59 Å². The van der Waals surface area contributed by atoms with Gasteiger partial charge in [0.25, 0.3) is 0 Å². The molecule has 0 aromatic carbocycles. The van der Waals surface area contributed by atoms with E-state index in [0.29, 0.717) is 6.61 Å². The summed E-state index contributed by atoms with van der Waals surface area (Å²) in [7, 11) is 1.51. The quantitative estimate of drug-likeness (QED) is 0.692. The lowest BCUT2D eigenvalue weighted by Crippen LogP contribution is -2.42. The fourth-order valence-corrected chi connectivity index (χ4v) is 1.03. The number of carbonyl (C=O) groups excluding carboxylic acids is 2. The molecule has 88 valence electrons. The monoisotopic (exact) mass is 227 g/mol. The number of ether oxygens (including phenoxy) is 1. The second-order valence-corrected chi connectivity index (χ2v) is 3.17. The van der Waals surface area contributed by atoms with Crippen molar-refractivity contribution in [2.45, 2.75) is 13.0 Å². The molecule has 0 bridgehead atoms. The van der Waals surface area contributed by atoms with Gasteiger partial charge in [-0.2, -0.15) is 0 Å². The van der Waals surface area contributed by atoms with Crippen LogP contribution in [0.5, 0.6) is 0 Å². The molecule has 7 heteroatoms. The summed E-state index contributed by atoms with van der Waals surface area (Å²) in [6.07, 6.45) is 1.29.